The predicted molar refractivity (Wildman–Crippen MR) is 78.1 cm³/mol. The third-order valence-corrected chi connectivity index (χ3v) is 4.36. The van der Waals surface area contributed by atoms with E-state index in [0.29, 0.717) is 0 Å². The number of aryl methyl sites for hydroxylation is 2. The van der Waals surface area contributed by atoms with Crippen LogP contribution in [0.1, 0.15) is 46.4 Å². The number of hydrogen-bond donors (Lipinski definition) is 1. The topological polar surface area (TPSA) is 50.2 Å². The Morgan fingerprint density at radius 3 is 2.53 bits per heavy atom. The number of hydrogen-bond acceptors (Lipinski definition) is 3. The zero-order chi connectivity index (χ0) is 14.2. The summed E-state index contributed by atoms with van der Waals surface area (Å²) in [6.45, 7) is 8.08. The summed E-state index contributed by atoms with van der Waals surface area (Å²) >= 11 is 1.48. The first-order chi connectivity index (χ1) is 8.90. The standard InChI is InChI=1S/C15H17NO2S/c1-8(2)14-16-12(15(17)18)13(19-14)11-6-5-9(3)7-10(11)4/h5-8H,1-4H3,(H,17,18). The molecule has 0 aliphatic carbocycles. The maximum Gasteiger partial charge on any atom is 0.356 e. The van der Waals surface area contributed by atoms with Gasteiger partial charge in [-0.25, -0.2) is 9.78 Å². The SMILES string of the molecule is Cc1ccc(-c2sc(C(C)C)nc2C(=O)O)c(C)c1. The number of carboxylic acids is 1. The van der Waals surface area contributed by atoms with Crippen LogP contribution in [0.15, 0.2) is 18.2 Å². The fourth-order valence-electron chi connectivity index (χ4n) is 1.98. The average molecular weight is 275 g/mol. The Labute approximate surface area is 116 Å². The number of benzene rings is 1. The quantitative estimate of drug-likeness (QED) is 0.911. The highest BCUT2D eigenvalue weighted by atomic mass is 32.1. The molecule has 1 aromatic carbocycles. The second-order valence-corrected chi connectivity index (χ2v) is 6.04. The minimum absolute atomic E-state index is 0.167. The molecule has 19 heavy (non-hydrogen) atoms. The van der Waals surface area contributed by atoms with Crippen LogP contribution in [0.5, 0.6) is 0 Å². The molecule has 0 amide bonds. The highest BCUT2D eigenvalue weighted by molar-refractivity contribution is 7.15. The zero-order valence-electron chi connectivity index (χ0n) is 11.5. The molecule has 0 saturated heterocycles. The van der Waals surface area contributed by atoms with E-state index < -0.39 is 5.97 Å². The Morgan fingerprint density at radius 2 is 2.00 bits per heavy atom. The highest BCUT2D eigenvalue weighted by Gasteiger charge is 2.21. The highest BCUT2D eigenvalue weighted by Crippen LogP contribution is 2.35. The van der Waals surface area contributed by atoms with Gasteiger partial charge in [-0.15, -0.1) is 11.3 Å². The van der Waals surface area contributed by atoms with Crippen molar-refractivity contribution in [2.45, 2.75) is 33.6 Å². The molecule has 1 aromatic heterocycles. The average Bonchev–Trinajstić information content (AvgIpc) is 2.73. The number of thiazole rings is 1. The molecule has 3 nitrogen and oxygen atoms in total. The summed E-state index contributed by atoms with van der Waals surface area (Å²) < 4.78 is 0. The third kappa shape index (κ3) is 2.68. The van der Waals surface area contributed by atoms with E-state index in [2.05, 4.69) is 11.1 Å². The Bertz CT molecular complexity index is 629. The normalized spacial score (nSPS) is 11.0. The van der Waals surface area contributed by atoms with Crippen molar-refractivity contribution in [2.24, 2.45) is 0 Å². The van der Waals surface area contributed by atoms with Gasteiger partial charge in [0, 0.05) is 5.92 Å². The van der Waals surface area contributed by atoms with E-state index in [-0.39, 0.29) is 11.6 Å². The van der Waals surface area contributed by atoms with Crippen LogP contribution in [0.4, 0.5) is 0 Å². The van der Waals surface area contributed by atoms with Crippen molar-refractivity contribution in [3.63, 3.8) is 0 Å². The molecule has 1 heterocycles. The molecule has 4 heteroatoms. The van der Waals surface area contributed by atoms with Gasteiger partial charge in [-0.05, 0) is 25.0 Å². The molecule has 0 spiro atoms. The summed E-state index contributed by atoms with van der Waals surface area (Å²) in [4.78, 5) is 16.4. The summed E-state index contributed by atoms with van der Waals surface area (Å²) in [5, 5.41) is 10.2. The molecule has 2 rings (SSSR count). The first-order valence-corrected chi connectivity index (χ1v) is 7.03. The van der Waals surface area contributed by atoms with Gasteiger partial charge in [0.2, 0.25) is 0 Å². The fourth-order valence-corrected chi connectivity index (χ4v) is 3.13. The lowest BCUT2D eigenvalue weighted by Crippen LogP contribution is -2.00. The van der Waals surface area contributed by atoms with Gasteiger partial charge in [-0.2, -0.15) is 0 Å². The first-order valence-electron chi connectivity index (χ1n) is 6.21. The van der Waals surface area contributed by atoms with E-state index in [1.54, 1.807) is 0 Å². The van der Waals surface area contributed by atoms with E-state index in [4.69, 9.17) is 0 Å². The van der Waals surface area contributed by atoms with Crippen molar-refractivity contribution in [3.8, 4) is 10.4 Å². The monoisotopic (exact) mass is 275 g/mol. The lowest BCUT2D eigenvalue weighted by Gasteiger charge is -2.05. The Balaban J connectivity index is 2.63. The van der Waals surface area contributed by atoms with Crippen LogP contribution in [0.25, 0.3) is 10.4 Å². The van der Waals surface area contributed by atoms with Crippen LogP contribution in [0.2, 0.25) is 0 Å². The van der Waals surface area contributed by atoms with Crippen LogP contribution in [0, 0.1) is 13.8 Å². The molecule has 1 N–H and O–H groups in total. The Morgan fingerprint density at radius 1 is 1.32 bits per heavy atom. The van der Waals surface area contributed by atoms with Gasteiger partial charge in [-0.1, -0.05) is 37.6 Å². The largest absolute Gasteiger partial charge is 0.476 e. The molecule has 2 aromatic rings. The number of carbonyl (C=O) groups is 1. The number of aromatic carboxylic acids is 1. The Kier molecular flexibility index (Phi) is 3.71. The van der Waals surface area contributed by atoms with Crippen LogP contribution in [0.3, 0.4) is 0 Å². The van der Waals surface area contributed by atoms with Gasteiger partial charge >= 0.3 is 5.97 Å². The van der Waals surface area contributed by atoms with Crippen LogP contribution >= 0.6 is 11.3 Å². The fraction of sp³-hybridized carbons (Fsp3) is 0.333. The maximum absolute atomic E-state index is 11.4. The van der Waals surface area contributed by atoms with Crippen LogP contribution in [-0.4, -0.2) is 16.1 Å². The van der Waals surface area contributed by atoms with Gasteiger partial charge in [0.05, 0.1) is 9.88 Å². The predicted octanol–water partition coefficient (Wildman–Crippen LogP) is 4.25. The van der Waals surface area contributed by atoms with Crippen LogP contribution < -0.4 is 0 Å². The summed E-state index contributed by atoms with van der Waals surface area (Å²) in [5.41, 5.74) is 3.39. The molecule has 100 valence electrons. The molecule has 0 bridgehead atoms. The van der Waals surface area contributed by atoms with E-state index in [0.717, 1.165) is 21.0 Å². The van der Waals surface area contributed by atoms with Gasteiger partial charge in [0.25, 0.3) is 0 Å². The second-order valence-electron chi connectivity index (χ2n) is 5.01. The van der Waals surface area contributed by atoms with Crippen molar-refractivity contribution >= 4 is 17.3 Å². The summed E-state index contributed by atoms with van der Waals surface area (Å²) in [7, 11) is 0. The summed E-state index contributed by atoms with van der Waals surface area (Å²) in [6, 6.07) is 6.05. The second kappa shape index (κ2) is 5.13. The molecular weight excluding hydrogens is 258 g/mol. The van der Waals surface area contributed by atoms with E-state index in [1.165, 1.54) is 16.9 Å². The molecule has 0 radical (unpaired) electrons. The third-order valence-electron chi connectivity index (χ3n) is 2.97. The van der Waals surface area contributed by atoms with E-state index in [9.17, 15) is 9.90 Å². The summed E-state index contributed by atoms with van der Waals surface area (Å²) in [6.07, 6.45) is 0. The number of carboxylic acid groups (broad SMARTS) is 1. The Hall–Kier alpha value is -1.68. The minimum Gasteiger partial charge on any atom is -0.476 e. The number of nitrogens with zero attached hydrogens (tertiary/aromatic N) is 1. The number of rotatable bonds is 3. The first kappa shape index (κ1) is 13.7. The molecule has 0 atom stereocenters. The van der Waals surface area contributed by atoms with E-state index in [1.807, 2.05) is 39.8 Å². The minimum atomic E-state index is -0.960. The maximum atomic E-state index is 11.4. The van der Waals surface area contributed by atoms with Gasteiger partial charge in [-0.3, -0.25) is 0 Å². The molecule has 0 unspecified atom stereocenters. The molecule has 0 aliphatic rings. The van der Waals surface area contributed by atoms with E-state index >= 15 is 0 Å². The zero-order valence-corrected chi connectivity index (χ0v) is 12.3. The van der Waals surface area contributed by atoms with Crippen molar-refractivity contribution in [3.05, 3.63) is 40.0 Å². The van der Waals surface area contributed by atoms with Gasteiger partial charge < -0.3 is 5.11 Å². The smallest absolute Gasteiger partial charge is 0.356 e. The molecular formula is C15H17NO2S. The number of aromatic nitrogens is 1. The van der Waals surface area contributed by atoms with Crippen LogP contribution in [-0.2, 0) is 0 Å². The van der Waals surface area contributed by atoms with Crippen molar-refractivity contribution < 1.29 is 9.90 Å². The molecule has 0 aliphatic heterocycles. The lowest BCUT2D eigenvalue weighted by molar-refractivity contribution is 0.0692. The molecule has 0 fully saturated rings. The van der Waals surface area contributed by atoms with Crippen molar-refractivity contribution in [1.82, 2.24) is 4.98 Å². The summed E-state index contributed by atoms with van der Waals surface area (Å²) in [5.74, 6) is -0.722. The van der Waals surface area contributed by atoms with Gasteiger partial charge in [0.1, 0.15) is 0 Å². The van der Waals surface area contributed by atoms with Crippen molar-refractivity contribution in [2.75, 3.05) is 0 Å². The van der Waals surface area contributed by atoms with Crippen molar-refractivity contribution in [1.29, 1.82) is 0 Å². The van der Waals surface area contributed by atoms with Gasteiger partial charge in [0.15, 0.2) is 5.69 Å². The lowest BCUT2D eigenvalue weighted by atomic mass is 10.0. The molecule has 0 saturated carbocycles.